The van der Waals surface area contributed by atoms with Crippen LogP contribution in [0.3, 0.4) is 0 Å². The van der Waals surface area contributed by atoms with Crippen LogP contribution in [0.5, 0.6) is 0 Å². The van der Waals surface area contributed by atoms with Crippen molar-refractivity contribution in [3.8, 4) is 11.4 Å². The minimum Gasteiger partial charge on any atom is -0.372 e. The lowest BCUT2D eigenvalue weighted by Crippen LogP contribution is -2.04. The van der Waals surface area contributed by atoms with E-state index in [0.717, 1.165) is 51.6 Å². The highest BCUT2D eigenvalue weighted by atomic mass is 79.9. The van der Waals surface area contributed by atoms with Gasteiger partial charge in [-0.3, -0.25) is 4.98 Å². The molecule has 1 N–H and O–H groups in total. The van der Waals surface area contributed by atoms with E-state index in [1.807, 2.05) is 33.0 Å². The van der Waals surface area contributed by atoms with E-state index in [1.54, 1.807) is 0 Å². The molecule has 0 aliphatic carbocycles. The zero-order chi connectivity index (χ0) is 14.7. The standard InChI is InChI=1S/C15H19BrN4/c1-5-6-12-13(16)15(17-4)20-14(19-12)11-7-9(2)18-10(3)8-11/h7-8H,5-6H2,1-4H3,(H,17,19,20). The first-order valence-corrected chi connectivity index (χ1v) is 7.54. The first-order chi connectivity index (χ1) is 9.55. The van der Waals surface area contributed by atoms with Crippen molar-refractivity contribution in [2.24, 2.45) is 0 Å². The Morgan fingerprint density at radius 2 is 1.75 bits per heavy atom. The molecule has 2 aromatic rings. The molecule has 0 saturated carbocycles. The van der Waals surface area contributed by atoms with Gasteiger partial charge in [-0.05, 0) is 48.3 Å². The Balaban J connectivity index is 2.58. The molecule has 0 radical (unpaired) electrons. The molecule has 0 saturated heterocycles. The van der Waals surface area contributed by atoms with Crippen molar-refractivity contribution in [3.05, 3.63) is 33.7 Å². The van der Waals surface area contributed by atoms with Crippen LogP contribution in [-0.2, 0) is 6.42 Å². The molecule has 20 heavy (non-hydrogen) atoms. The molecule has 0 fully saturated rings. The van der Waals surface area contributed by atoms with Crippen molar-refractivity contribution < 1.29 is 0 Å². The average molecular weight is 335 g/mol. The summed E-state index contributed by atoms with van der Waals surface area (Å²) in [6, 6.07) is 4.04. The fourth-order valence-electron chi connectivity index (χ4n) is 2.15. The van der Waals surface area contributed by atoms with Gasteiger partial charge in [-0.2, -0.15) is 0 Å². The van der Waals surface area contributed by atoms with E-state index >= 15 is 0 Å². The van der Waals surface area contributed by atoms with E-state index < -0.39 is 0 Å². The molecule has 0 bridgehead atoms. The van der Waals surface area contributed by atoms with Crippen molar-refractivity contribution in [2.75, 3.05) is 12.4 Å². The molecular weight excluding hydrogens is 316 g/mol. The van der Waals surface area contributed by atoms with Crippen LogP contribution in [0, 0.1) is 13.8 Å². The molecule has 0 unspecified atom stereocenters. The zero-order valence-corrected chi connectivity index (χ0v) is 13.9. The summed E-state index contributed by atoms with van der Waals surface area (Å²) < 4.78 is 0.952. The molecular formula is C15H19BrN4. The van der Waals surface area contributed by atoms with Crippen molar-refractivity contribution in [3.63, 3.8) is 0 Å². The van der Waals surface area contributed by atoms with Gasteiger partial charge in [-0.15, -0.1) is 0 Å². The van der Waals surface area contributed by atoms with E-state index in [-0.39, 0.29) is 0 Å². The number of rotatable bonds is 4. The Bertz CT molecular complexity index is 605. The molecule has 0 aliphatic heterocycles. The van der Waals surface area contributed by atoms with Gasteiger partial charge in [0.1, 0.15) is 5.82 Å². The molecule has 0 spiro atoms. The third-order valence-corrected chi connectivity index (χ3v) is 3.82. The van der Waals surface area contributed by atoms with Gasteiger partial charge >= 0.3 is 0 Å². The highest BCUT2D eigenvalue weighted by molar-refractivity contribution is 9.10. The minimum absolute atomic E-state index is 0.745. The number of anilines is 1. The maximum absolute atomic E-state index is 4.70. The number of nitrogens with one attached hydrogen (secondary N) is 1. The third kappa shape index (κ3) is 3.15. The minimum atomic E-state index is 0.745. The van der Waals surface area contributed by atoms with Crippen LogP contribution in [0.1, 0.15) is 30.4 Å². The van der Waals surface area contributed by atoms with Crippen LogP contribution < -0.4 is 5.32 Å². The Morgan fingerprint density at radius 3 is 2.30 bits per heavy atom. The van der Waals surface area contributed by atoms with E-state index in [2.05, 4.69) is 38.1 Å². The molecule has 0 aromatic carbocycles. The second-order valence-corrected chi connectivity index (χ2v) is 5.59. The van der Waals surface area contributed by atoms with Crippen molar-refractivity contribution in [2.45, 2.75) is 33.6 Å². The number of pyridine rings is 1. The predicted octanol–water partition coefficient (Wildman–Crippen LogP) is 3.91. The van der Waals surface area contributed by atoms with Crippen molar-refractivity contribution in [1.82, 2.24) is 15.0 Å². The Labute approximate surface area is 128 Å². The fourth-order valence-corrected chi connectivity index (χ4v) is 2.73. The summed E-state index contributed by atoms with van der Waals surface area (Å²) in [4.78, 5) is 13.7. The van der Waals surface area contributed by atoms with Crippen LogP contribution in [0.15, 0.2) is 16.6 Å². The second kappa shape index (κ2) is 6.31. The molecule has 2 aromatic heterocycles. The maximum Gasteiger partial charge on any atom is 0.161 e. The van der Waals surface area contributed by atoms with Crippen LogP contribution in [0.4, 0.5) is 5.82 Å². The van der Waals surface area contributed by atoms with Gasteiger partial charge in [0, 0.05) is 24.0 Å². The van der Waals surface area contributed by atoms with Crippen molar-refractivity contribution >= 4 is 21.7 Å². The van der Waals surface area contributed by atoms with Gasteiger partial charge < -0.3 is 5.32 Å². The molecule has 2 heterocycles. The van der Waals surface area contributed by atoms with E-state index in [1.165, 1.54) is 0 Å². The largest absolute Gasteiger partial charge is 0.372 e. The highest BCUT2D eigenvalue weighted by Gasteiger charge is 2.12. The normalized spacial score (nSPS) is 10.7. The first kappa shape index (κ1) is 14.9. The molecule has 2 rings (SSSR count). The fraction of sp³-hybridized carbons (Fsp3) is 0.400. The lowest BCUT2D eigenvalue weighted by Gasteiger charge is -2.11. The summed E-state index contributed by atoms with van der Waals surface area (Å²) in [6.07, 6.45) is 1.97. The molecule has 106 valence electrons. The lowest BCUT2D eigenvalue weighted by molar-refractivity contribution is 0.868. The topological polar surface area (TPSA) is 50.7 Å². The molecule has 5 heteroatoms. The second-order valence-electron chi connectivity index (χ2n) is 4.80. The number of aryl methyl sites for hydroxylation is 3. The Morgan fingerprint density at radius 1 is 1.10 bits per heavy atom. The van der Waals surface area contributed by atoms with Gasteiger partial charge in [0.25, 0.3) is 0 Å². The summed E-state index contributed by atoms with van der Waals surface area (Å²) in [5, 5.41) is 3.12. The van der Waals surface area contributed by atoms with Crippen LogP contribution in [0.2, 0.25) is 0 Å². The monoisotopic (exact) mass is 334 g/mol. The number of hydrogen-bond donors (Lipinski definition) is 1. The highest BCUT2D eigenvalue weighted by Crippen LogP contribution is 2.28. The molecule has 4 nitrogen and oxygen atoms in total. The average Bonchev–Trinajstić information content (AvgIpc) is 2.40. The van der Waals surface area contributed by atoms with E-state index in [0.29, 0.717) is 0 Å². The quantitative estimate of drug-likeness (QED) is 0.920. The summed E-state index contributed by atoms with van der Waals surface area (Å²) in [6.45, 7) is 6.12. The maximum atomic E-state index is 4.70. The molecule has 0 atom stereocenters. The predicted molar refractivity (Wildman–Crippen MR) is 86.0 cm³/mol. The zero-order valence-electron chi connectivity index (χ0n) is 12.3. The van der Waals surface area contributed by atoms with Crippen LogP contribution in [0.25, 0.3) is 11.4 Å². The lowest BCUT2D eigenvalue weighted by atomic mass is 10.1. The summed E-state index contributed by atoms with van der Waals surface area (Å²) in [7, 11) is 1.87. The van der Waals surface area contributed by atoms with E-state index in [9.17, 15) is 0 Å². The summed E-state index contributed by atoms with van der Waals surface area (Å²) in [5.74, 6) is 1.57. The number of nitrogens with zero attached hydrogens (tertiary/aromatic N) is 3. The SMILES string of the molecule is CCCc1nc(-c2cc(C)nc(C)c2)nc(NC)c1Br. The summed E-state index contributed by atoms with van der Waals surface area (Å²) >= 11 is 3.58. The number of hydrogen-bond acceptors (Lipinski definition) is 4. The third-order valence-electron chi connectivity index (χ3n) is 2.98. The number of aromatic nitrogens is 3. The van der Waals surface area contributed by atoms with Gasteiger partial charge in [-0.25, -0.2) is 9.97 Å². The van der Waals surface area contributed by atoms with E-state index in [4.69, 9.17) is 4.98 Å². The number of halogens is 1. The first-order valence-electron chi connectivity index (χ1n) is 6.75. The van der Waals surface area contributed by atoms with Gasteiger partial charge in [0.15, 0.2) is 5.82 Å². The Kier molecular flexibility index (Phi) is 4.70. The van der Waals surface area contributed by atoms with Gasteiger partial charge in [0.05, 0.1) is 10.2 Å². The smallest absolute Gasteiger partial charge is 0.161 e. The van der Waals surface area contributed by atoms with Gasteiger partial charge in [-0.1, -0.05) is 13.3 Å². The van der Waals surface area contributed by atoms with Gasteiger partial charge in [0.2, 0.25) is 0 Å². The van der Waals surface area contributed by atoms with Crippen LogP contribution >= 0.6 is 15.9 Å². The van der Waals surface area contributed by atoms with Crippen molar-refractivity contribution in [1.29, 1.82) is 0 Å². The molecule has 0 aliphatic rings. The molecule has 0 amide bonds. The Hall–Kier alpha value is -1.49. The summed E-state index contributed by atoms with van der Waals surface area (Å²) in [5.41, 5.74) is 4.01. The van der Waals surface area contributed by atoms with Crippen LogP contribution in [-0.4, -0.2) is 22.0 Å².